The van der Waals surface area contributed by atoms with E-state index in [1.165, 1.54) is 30.0 Å². The van der Waals surface area contributed by atoms with Crippen LogP contribution in [0.25, 0.3) is 0 Å². The number of nitrogens with one attached hydrogen (secondary N) is 2. The maximum atomic E-state index is 12.9. The number of aryl methyl sites for hydroxylation is 2. The van der Waals surface area contributed by atoms with Crippen LogP contribution >= 0.6 is 0 Å². The van der Waals surface area contributed by atoms with Crippen LogP contribution in [0.2, 0.25) is 0 Å². The van der Waals surface area contributed by atoms with Gasteiger partial charge in [0, 0.05) is 18.9 Å². The average Bonchev–Trinajstić information content (AvgIpc) is 3.19. The van der Waals surface area contributed by atoms with E-state index in [0.29, 0.717) is 25.8 Å². The summed E-state index contributed by atoms with van der Waals surface area (Å²) in [6, 6.07) is 16.5. The van der Waals surface area contributed by atoms with Crippen molar-refractivity contribution in [3.63, 3.8) is 0 Å². The fourth-order valence-corrected chi connectivity index (χ4v) is 5.41. The predicted molar refractivity (Wildman–Crippen MR) is 125 cm³/mol. The molecule has 5 heteroatoms. The molecule has 1 fully saturated rings. The van der Waals surface area contributed by atoms with Gasteiger partial charge < -0.3 is 15.7 Å². The number of aliphatic hydroxyl groups is 1. The van der Waals surface area contributed by atoms with Gasteiger partial charge in [0.1, 0.15) is 0 Å². The van der Waals surface area contributed by atoms with Crippen molar-refractivity contribution in [1.82, 2.24) is 10.6 Å². The zero-order valence-corrected chi connectivity index (χ0v) is 18.9. The number of amides is 2. The van der Waals surface area contributed by atoms with Gasteiger partial charge in [0.25, 0.3) is 0 Å². The fraction of sp³-hybridized carbons (Fsp3) is 0.481. The fourth-order valence-electron chi connectivity index (χ4n) is 5.41. The normalized spacial score (nSPS) is 24.9. The molecule has 0 spiro atoms. The van der Waals surface area contributed by atoms with Crippen LogP contribution < -0.4 is 10.6 Å². The molecule has 2 aliphatic carbocycles. The number of hydrogen-bond acceptors (Lipinski definition) is 3. The number of hydrogen-bond donors (Lipinski definition) is 3. The summed E-state index contributed by atoms with van der Waals surface area (Å²) in [6.45, 7) is 2.02. The molecule has 170 valence electrons. The molecule has 3 N–H and O–H groups in total. The average molecular weight is 435 g/mol. The molecule has 0 saturated heterocycles. The zero-order valence-electron chi connectivity index (χ0n) is 18.9. The summed E-state index contributed by atoms with van der Waals surface area (Å²) in [5.41, 5.74) is 4.79. The van der Waals surface area contributed by atoms with Crippen LogP contribution in [0.4, 0.5) is 0 Å². The lowest BCUT2D eigenvalue weighted by atomic mass is 9.74. The molecule has 0 unspecified atom stereocenters. The summed E-state index contributed by atoms with van der Waals surface area (Å²) >= 11 is 0. The van der Waals surface area contributed by atoms with Crippen LogP contribution in [0.3, 0.4) is 0 Å². The Morgan fingerprint density at radius 3 is 2.56 bits per heavy atom. The summed E-state index contributed by atoms with van der Waals surface area (Å²) in [7, 11) is 0. The first-order chi connectivity index (χ1) is 15.4. The highest BCUT2D eigenvalue weighted by atomic mass is 16.3. The third-order valence-electron chi connectivity index (χ3n) is 7.24. The molecule has 32 heavy (non-hydrogen) atoms. The minimum atomic E-state index is -0.577. The first-order valence-electron chi connectivity index (χ1n) is 11.8. The highest BCUT2D eigenvalue weighted by molar-refractivity contribution is 5.78. The van der Waals surface area contributed by atoms with Crippen molar-refractivity contribution < 1.29 is 14.7 Å². The van der Waals surface area contributed by atoms with E-state index in [-0.39, 0.29) is 23.3 Å². The van der Waals surface area contributed by atoms with Crippen molar-refractivity contribution in [2.24, 2.45) is 0 Å². The molecule has 1 saturated carbocycles. The zero-order chi connectivity index (χ0) is 22.6. The molecule has 4 rings (SSSR count). The van der Waals surface area contributed by atoms with Crippen LogP contribution in [0, 0.1) is 0 Å². The SMILES string of the molecule is CC(=O)N[C@H]1CC[C@](CNC(=O)Cc2ccc3c(c2)CCC3)(c2ccccc2)CC[C@@H]1O. The van der Waals surface area contributed by atoms with Gasteiger partial charge in [-0.05, 0) is 67.2 Å². The van der Waals surface area contributed by atoms with Crippen LogP contribution in [0.15, 0.2) is 48.5 Å². The Labute approximate surface area is 190 Å². The quantitative estimate of drug-likeness (QED) is 0.611. The minimum Gasteiger partial charge on any atom is -0.391 e. The number of rotatable bonds is 6. The van der Waals surface area contributed by atoms with E-state index in [9.17, 15) is 14.7 Å². The lowest BCUT2D eigenvalue weighted by Crippen LogP contribution is -2.42. The second-order valence-corrected chi connectivity index (χ2v) is 9.51. The predicted octanol–water partition coefficient (Wildman–Crippen LogP) is 3.21. The third-order valence-corrected chi connectivity index (χ3v) is 7.24. The number of aliphatic hydroxyl groups excluding tert-OH is 1. The molecule has 3 atom stereocenters. The van der Waals surface area contributed by atoms with Crippen LogP contribution in [-0.2, 0) is 34.3 Å². The van der Waals surface area contributed by atoms with Gasteiger partial charge in [0.05, 0.1) is 18.6 Å². The van der Waals surface area contributed by atoms with Gasteiger partial charge in [0.15, 0.2) is 0 Å². The molecular weight excluding hydrogens is 400 g/mol. The highest BCUT2D eigenvalue weighted by Crippen LogP contribution is 2.38. The third kappa shape index (κ3) is 5.21. The van der Waals surface area contributed by atoms with E-state index in [0.717, 1.165) is 31.2 Å². The van der Waals surface area contributed by atoms with Gasteiger partial charge in [-0.25, -0.2) is 0 Å². The Morgan fingerprint density at radius 2 is 1.78 bits per heavy atom. The van der Waals surface area contributed by atoms with Gasteiger partial charge in [0.2, 0.25) is 11.8 Å². The topological polar surface area (TPSA) is 78.4 Å². The second kappa shape index (κ2) is 9.86. The van der Waals surface area contributed by atoms with E-state index < -0.39 is 6.10 Å². The maximum Gasteiger partial charge on any atom is 0.224 e. The lowest BCUT2D eigenvalue weighted by Gasteiger charge is -2.34. The van der Waals surface area contributed by atoms with Crippen LogP contribution in [-0.4, -0.2) is 35.6 Å². The maximum absolute atomic E-state index is 12.9. The van der Waals surface area contributed by atoms with E-state index >= 15 is 0 Å². The Bertz CT molecular complexity index is 959. The Hall–Kier alpha value is -2.66. The Morgan fingerprint density at radius 1 is 1.03 bits per heavy atom. The van der Waals surface area contributed by atoms with Gasteiger partial charge in [-0.2, -0.15) is 0 Å². The van der Waals surface area contributed by atoms with E-state index in [4.69, 9.17) is 0 Å². The number of fused-ring (bicyclic) bond motifs is 1. The number of benzene rings is 2. The van der Waals surface area contributed by atoms with Crippen molar-refractivity contribution in [1.29, 1.82) is 0 Å². The van der Waals surface area contributed by atoms with E-state index in [2.05, 4.69) is 41.0 Å². The number of carbonyl (C=O) groups excluding carboxylic acids is 2. The molecule has 2 amide bonds. The molecule has 0 radical (unpaired) electrons. The number of carbonyl (C=O) groups is 2. The molecule has 2 aromatic rings. The van der Waals surface area contributed by atoms with Gasteiger partial charge in [-0.15, -0.1) is 0 Å². The summed E-state index contributed by atoms with van der Waals surface area (Å²) in [6.07, 6.45) is 6.08. The van der Waals surface area contributed by atoms with E-state index in [1.807, 2.05) is 18.2 Å². The molecule has 2 aromatic carbocycles. The summed E-state index contributed by atoms with van der Waals surface area (Å²) in [5.74, 6) is -0.0923. The van der Waals surface area contributed by atoms with E-state index in [1.54, 1.807) is 0 Å². The first kappa shape index (κ1) is 22.5. The standard InChI is InChI=1S/C27H34N2O3/c1-19(30)29-24-12-14-27(15-13-25(24)31,23-8-3-2-4-9-23)18-28-26(32)17-20-10-11-21-6-5-7-22(21)16-20/h2-4,8-11,16,24-25,31H,5-7,12-15,17-18H2,1H3,(H,28,32)(H,29,30)/t24-,25-,27-/m0/s1. The van der Waals surface area contributed by atoms with Gasteiger partial charge in [-0.3, -0.25) is 9.59 Å². The van der Waals surface area contributed by atoms with Crippen molar-refractivity contribution in [3.05, 3.63) is 70.8 Å². The Kier molecular flexibility index (Phi) is 6.95. The summed E-state index contributed by atoms with van der Waals surface area (Å²) in [5, 5.41) is 16.7. The second-order valence-electron chi connectivity index (χ2n) is 9.51. The van der Waals surface area contributed by atoms with Gasteiger partial charge >= 0.3 is 0 Å². The Balaban J connectivity index is 1.46. The van der Waals surface area contributed by atoms with Crippen molar-refractivity contribution in [2.75, 3.05) is 6.54 Å². The molecule has 0 aliphatic heterocycles. The minimum absolute atomic E-state index is 0.0291. The molecule has 0 heterocycles. The molecule has 5 nitrogen and oxygen atoms in total. The molecule has 2 aliphatic rings. The monoisotopic (exact) mass is 434 g/mol. The highest BCUT2D eigenvalue weighted by Gasteiger charge is 2.38. The van der Waals surface area contributed by atoms with Crippen molar-refractivity contribution >= 4 is 11.8 Å². The lowest BCUT2D eigenvalue weighted by molar-refractivity contribution is -0.121. The molecular formula is C27H34N2O3. The van der Waals surface area contributed by atoms with Crippen LogP contribution in [0.1, 0.15) is 61.3 Å². The largest absolute Gasteiger partial charge is 0.391 e. The first-order valence-corrected chi connectivity index (χ1v) is 11.8. The molecule has 0 bridgehead atoms. The smallest absolute Gasteiger partial charge is 0.224 e. The summed E-state index contributed by atoms with van der Waals surface area (Å²) in [4.78, 5) is 24.5. The van der Waals surface area contributed by atoms with Crippen molar-refractivity contribution in [2.45, 2.75) is 75.9 Å². The van der Waals surface area contributed by atoms with Crippen molar-refractivity contribution in [3.8, 4) is 0 Å². The van der Waals surface area contributed by atoms with Crippen LogP contribution in [0.5, 0.6) is 0 Å². The molecule has 0 aromatic heterocycles. The summed E-state index contributed by atoms with van der Waals surface area (Å²) < 4.78 is 0. The van der Waals surface area contributed by atoms with Gasteiger partial charge in [-0.1, -0.05) is 48.5 Å².